The van der Waals surface area contributed by atoms with Crippen LogP contribution >= 0.6 is 0 Å². The molecule has 7 unspecified atom stereocenters. The lowest BCUT2D eigenvalue weighted by atomic mass is 9.99. The Kier molecular flexibility index (Phi) is 49.2. The predicted molar refractivity (Wildman–Crippen MR) is 295 cm³/mol. The average Bonchev–Trinajstić information content (AvgIpc) is 3.36. The molecule has 1 aliphatic rings. The summed E-state index contributed by atoms with van der Waals surface area (Å²) < 4.78 is 11.3. The van der Waals surface area contributed by atoms with E-state index in [9.17, 15) is 30.3 Å². The summed E-state index contributed by atoms with van der Waals surface area (Å²) in [6.07, 6.45) is 57.2. The van der Waals surface area contributed by atoms with E-state index in [1.54, 1.807) is 0 Å². The fourth-order valence-corrected chi connectivity index (χ4v) is 10.2. The van der Waals surface area contributed by atoms with E-state index >= 15 is 0 Å². The summed E-state index contributed by atoms with van der Waals surface area (Å²) >= 11 is 0. The van der Waals surface area contributed by atoms with Crippen LogP contribution in [0.4, 0.5) is 0 Å². The Balaban J connectivity index is 2.00. The molecule has 0 aromatic carbocycles. The van der Waals surface area contributed by atoms with E-state index in [1.807, 2.05) is 0 Å². The van der Waals surface area contributed by atoms with Gasteiger partial charge in [0.2, 0.25) is 5.91 Å². The molecule has 0 saturated carbocycles. The number of ether oxygens (including phenoxy) is 2. The van der Waals surface area contributed by atoms with Crippen molar-refractivity contribution in [3.05, 3.63) is 12.2 Å². The molecule has 6 N–H and O–H groups in total. The van der Waals surface area contributed by atoms with E-state index < -0.39 is 49.5 Å². The van der Waals surface area contributed by atoms with Gasteiger partial charge in [0.15, 0.2) is 6.29 Å². The lowest BCUT2D eigenvalue weighted by molar-refractivity contribution is -0.302. The lowest BCUT2D eigenvalue weighted by Gasteiger charge is -2.40. The van der Waals surface area contributed by atoms with Crippen LogP contribution in [0.2, 0.25) is 0 Å². The molecule has 1 aliphatic heterocycles. The number of rotatable bonds is 54. The van der Waals surface area contributed by atoms with E-state index in [-0.39, 0.29) is 12.5 Å². The molecule has 0 bridgehead atoms. The van der Waals surface area contributed by atoms with Gasteiger partial charge in [-0.15, -0.1) is 0 Å². The summed E-state index contributed by atoms with van der Waals surface area (Å²) in [5, 5.41) is 54.5. The zero-order valence-electron chi connectivity index (χ0n) is 46.3. The van der Waals surface area contributed by atoms with E-state index in [0.717, 1.165) is 38.5 Å². The van der Waals surface area contributed by atoms with Crippen molar-refractivity contribution < 1.29 is 39.8 Å². The van der Waals surface area contributed by atoms with E-state index in [1.165, 1.54) is 250 Å². The van der Waals surface area contributed by atoms with Gasteiger partial charge >= 0.3 is 0 Å². The highest BCUT2D eigenvalue weighted by atomic mass is 16.7. The second-order valence-electron chi connectivity index (χ2n) is 21.9. The van der Waals surface area contributed by atoms with Crippen LogP contribution in [0.15, 0.2) is 12.2 Å². The van der Waals surface area contributed by atoms with Crippen LogP contribution in [0.25, 0.3) is 0 Å². The molecule has 9 heteroatoms. The third-order valence-electron chi connectivity index (χ3n) is 15.1. The maximum absolute atomic E-state index is 13.0. The van der Waals surface area contributed by atoms with Gasteiger partial charge in [-0.05, 0) is 38.5 Å². The van der Waals surface area contributed by atoms with Gasteiger partial charge in [0.1, 0.15) is 24.4 Å². The lowest BCUT2D eigenvalue weighted by Crippen LogP contribution is -2.60. The van der Waals surface area contributed by atoms with Crippen LogP contribution in [0.3, 0.4) is 0 Å². The Morgan fingerprint density at radius 1 is 0.471 bits per heavy atom. The highest BCUT2D eigenvalue weighted by molar-refractivity contribution is 5.76. The first-order valence-electron chi connectivity index (χ1n) is 30.9. The molecule has 0 aromatic heterocycles. The summed E-state index contributed by atoms with van der Waals surface area (Å²) in [7, 11) is 0. The molecule has 0 spiro atoms. The zero-order valence-corrected chi connectivity index (χ0v) is 46.3. The number of unbranched alkanes of at least 4 members (excludes halogenated alkanes) is 42. The van der Waals surface area contributed by atoms with Crippen LogP contribution < -0.4 is 5.32 Å². The summed E-state index contributed by atoms with van der Waals surface area (Å²) in [5.41, 5.74) is 0. The molecule has 1 heterocycles. The quantitative estimate of drug-likeness (QED) is 0.0261. The Morgan fingerprint density at radius 2 is 0.800 bits per heavy atom. The smallest absolute Gasteiger partial charge is 0.220 e. The minimum atomic E-state index is -1.55. The topological polar surface area (TPSA) is 149 Å². The molecule has 1 fully saturated rings. The molecule has 0 aliphatic carbocycles. The standard InChI is InChI=1S/C61H119NO8/c1-3-5-7-9-11-13-15-16-17-18-19-20-21-22-23-24-25-26-27-28-29-30-31-32-33-34-35-36-37-38-39-40-41-43-45-47-49-51-57(65)62-54(53-69-61-60(68)59(67)58(66)56(52-63)70-61)55(64)50-48-46-44-42-14-12-10-8-6-4-2/h26-27,54-56,58-61,63-64,66-68H,3-25,28-53H2,1-2H3,(H,62,65)/b27-26-. The molecular weight excluding hydrogens is 875 g/mol. The number of aliphatic hydroxyl groups excluding tert-OH is 5. The van der Waals surface area contributed by atoms with Crippen molar-refractivity contribution >= 4 is 5.91 Å². The van der Waals surface area contributed by atoms with Gasteiger partial charge in [0.25, 0.3) is 0 Å². The number of hydrogen-bond acceptors (Lipinski definition) is 8. The van der Waals surface area contributed by atoms with Gasteiger partial charge in [-0.1, -0.05) is 283 Å². The summed E-state index contributed by atoms with van der Waals surface area (Å²) in [4.78, 5) is 13.0. The highest BCUT2D eigenvalue weighted by Gasteiger charge is 2.44. The zero-order chi connectivity index (χ0) is 50.8. The van der Waals surface area contributed by atoms with E-state index in [4.69, 9.17) is 9.47 Å². The van der Waals surface area contributed by atoms with E-state index in [0.29, 0.717) is 12.8 Å². The van der Waals surface area contributed by atoms with Gasteiger partial charge in [0, 0.05) is 6.42 Å². The minimum Gasteiger partial charge on any atom is -0.394 e. The van der Waals surface area contributed by atoms with Crippen molar-refractivity contribution in [1.29, 1.82) is 0 Å². The normalized spacial score (nSPS) is 19.3. The third kappa shape index (κ3) is 40.3. The molecule has 1 rings (SSSR count). The Labute approximate surface area is 433 Å². The highest BCUT2D eigenvalue weighted by Crippen LogP contribution is 2.23. The maximum Gasteiger partial charge on any atom is 0.220 e. The van der Waals surface area contributed by atoms with Crippen LogP contribution in [-0.2, 0) is 14.3 Å². The van der Waals surface area contributed by atoms with Crippen LogP contribution in [0.1, 0.15) is 316 Å². The summed E-state index contributed by atoms with van der Waals surface area (Å²) in [6, 6.07) is -0.714. The van der Waals surface area contributed by atoms with E-state index in [2.05, 4.69) is 31.3 Å². The number of aliphatic hydroxyl groups is 5. The molecular formula is C61H119NO8. The molecule has 70 heavy (non-hydrogen) atoms. The fraction of sp³-hybridized carbons (Fsp3) is 0.951. The number of carbonyl (C=O) groups excluding carboxylic acids is 1. The maximum atomic E-state index is 13.0. The first-order chi connectivity index (χ1) is 34.3. The molecule has 9 nitrogen and oxygen atoms in total. The second kappa shape index (κ2) is 51.4. The summed E-state index contributed by atoms with van der Waals surface area (Å²) in [5.74, 6) is -0.140. The van der Waals surface area contributed by atoms with Gasteiger partial charge in [-0.25, -0.2) is 0 Å². The first-order valence-corrected chi connectivity index (χ1v) is 30.9. The van der Waals surface area contributed by atoms with Crippen molar-refractivity contribution in [2.75, 3.05) is 13.2 Å². The van der Waals surface area contributed by atoms with Gasteiger partial charge in [0.05, 0.1) is 25.4 Å². The average molecular weight is 995 g/mol. The van der Waals surface area contributed by atoms with Crippen molar-refractivity contribution in [2.45, 2.75) is 358 Å². The Morgan fingerprint density at radius 3 is 1.16 bits per heavy atom. The molecule has 416 valence electrons. The number of carbonyl (C=O) groups is 1. The van der Waals surface area contributed by atoms with Crippen molar-refractivity contribution in [3.8, 4) is 0 Å². The SMILES string of the molecule is CCCCCCCCCCCCCCCCCC/C=C\CCCCCCCCCCCCCCCCCCCC(=O)NC(COC1OC(CO)C(O)C(O)C1O)C(O)CCCCCCCCCCCC. The molecule has 0 aromatic rings. The number of amides is 1. The molecule has 7 atom stereocenters. The Bertz CT molecular complexity index is 1110. The fourth-order valence-electron chi connectivity index (χ4n) is 10.2. The number of nitrogens with one attached hydrogen (secondary N) is 1. The second-order valence-corrected chi connectivity index (χ2v) is 21.9. The molecule has 0 radical (unpaired) electrons. The number of allylic oxidation sites excluding steroid dienone is 2. The first kappa shape index (κ1) is 66.9. The molecule has 1 amide bonds. The monoisotopic (exact) mass is 994 g/mol. The Hall–Kier alpha value is -1.07. The van der Waals surface area contributed by atoms with Crippen LogP contribution in [0.5, 0.6) is 0 Å². The van der Waals surface area contributed by atoms with Crippen molar-refractivity contribution in [2.24, 2.45) is 0 Å². The van der Waals surface area contributed by atoms with Gasteiger partial charge in [-0.3, -0.25) is 4.79 Å². The largest absolute Gasteiger partial charge is 0.394 e. The van der Waals surface area contributed by atoms with Gasteiger partial charge < -0.3 is 40.3 Å². The third-order valence-corrected chi connectivity index (χ3v) is 15.1. The summed E-state index contributed by atoms with van der Waals surface area (Å²) in [6.45, 7) is 3.85. The predicted octanol–water partition coefficient (Wildman–Crippen LogP) is 15.6. The van der Waals surface area contributed by atoms with Crippen LogP contribution in [-0.4, -0.2) is 87.5 Å². The number of hydrogen-bond donors (Lipinski definition) is 6. The van der Waals surface area contributed by atoms with Crippen LogP contribution in [0, 0.1) is 0 Å². The van der Waals surface area contributed by atoms with Gasteiger partial charge in [-0.2, -0.15) is 0 Å². The minimum absolute atomic E-state index is 0.134. The molecule has 1 saturated heterocycles. The van der Waals surface area contributed by atoms with Crippen molar-refractivity contribution in [3.63, 3.8) is 0 Å². The van der Waals surface area contributed by atoms with Crippen molar-refractivity contribution in [1.82, 2.24) is 5.32 Å².